The summed E-state index contributed by atoms with van der Waals surface area (Å²) in [4.78, 5) is 10.6. The molecular weight excluding hydrogens is 184 g/mol. The van der Waals surface area contributed by atoms with Crippen LogP contribution in [0.1, 0.15) is 43.0 Å². The molecule has 0 aromatic heterocycles. The van der Waals surface area contributed by atoms with Crippen LogP contribution in [0.3, 0.4) is 0 Å². The Bertz CT molecular complexity index is 346. The highest BCUT2D eigenvalue weighted by atomic mass is 16.1. The number of hydrogen-bond donors (Lipinski definition) is 0. The number of aldehydes is 1. The minimum atomic E-state index is 0.176. The van der Waals surface area contributed by atoms with Gasteiger partial charge in [-0.3, -0.25) is 0 Å². The van der Waals surface area contributed by atoms with Crippen LogP contribution in [0.5, 0.6) is 0 Å². The SMILES string of the molecule is Cc1cc(C(C)(C)C)cc(C)c1CC=O. The van der Waals surface area contributed by atoms with Crippen molar-refractivity contribution in [2.45, 2.75) is 46.5 Å². The highest BCUT2D eigenvalue weighted by Crippen LogP contribution is 2.26. The minimum absolute atomic E-state index is 0.176. The zero-order chi connectivity index (χ0) is 11.6. The van der Waals surface area contributed by atoms with Gasteiger partial charge in [0.2, 0.25) is 0 Å². The van der Waals surface area contributed by atoms with Gasteiger partial charge < -0.3 is 4.79 Å². The van der Waals surface area contributed by atoms with Crippen LogP contribution in [-0.2, 0) is 16.6 Å². The van der Waals surface area contributed by atoms with E-state index in [2.05, 4.69) is 46.8 Å². The van der Waals surface area contributed by atoms with Crippen LogP contribution in [-0.4, -0.2) is 6.29 Å². The lowest BCUT2D eigenvalue weighted by molar-refractivity contribution is -0.107. The Labute approximate surface area is 92.5 Å². The quantitative estimate of drug-likeness (QED) is 0.675. The van der Waals surface area contributed by atoms with Crippen LogP contribution in [0, 0.1) is 13.8 Å². The lowest BCUT2D eigenvalue weighted by Crippen LogP contribution is -2.12. The van der Waals surface area contributed by atoms with Crippen LogP contribution in [0.25, 0.3) is 0 Å². The molecule has 0 bridgehead atoms. The fourth-order valence-electron chi connectivity index (χ4n) is 1.83. The lowest BCUT2D eigenvalue weighted by Gasteiger charge is -2.22. The first-order valence-electron chi connectivity index (χ1n) is 5.40. The molecule has 0 aliphatic rings. The van der Waals surface area contributed by atoms with Gasteiger partial charge in [0.1, 0.15) is 6.29 Å². The van der Waals surface area contributed by atoms with E-state index < -0.39 is 0 Å². The third-order valence-electron chi connectivity index (χ3n) is 2.85. The average Bonchev–Trinajstić information content (AvgIpc) is 2.09. The van der Waals surface area contributed by atoms with Crippen molar-refractivity contribution in [1.29, 1.82) is 0 Å². The van der Waals surface area contributed by atoms with E-state index in [4.69, 9.17) is 0 Å². The molecule has 0 atom stereocenters. The van der Waals surface area contributed by atoms with Crippen LogP contribution in [0.15, 0.2) is 12.1 Å². The topological polar surface area (TPSA) is 17.1 Å². The van der Waals surface area contributed by atoms with E-state index in [9.17, 15) is 4.79 Å². The van der Waals surface area contributed by atoms with Gasteiger partial charge in [-0.15, -0.1) is 0 Å². The second-order valence-corrected chi connectivity index (χ2v) is 5.21. The molecule has 0 spiro atoms. The molecule has 1 heteroatoms. The molecule has 0 heterocycles. The Morgan fingerprint density at radius 2 is 1.60 bits per heavy atom. The molecule has 0 saturated carbocycles. The van der Waals surface area contributed by atoms with Crippen molar-refractivity contribution in [2.75, 3.05) is 0 Å². The highest BCUT2D eigenvalue weighted by molar-refractivity contribution is 5.58. The largest absolute Gasteiger partial charge is 0.303 e. The molecule has 0 amide bonds. The van der Waals surface area contributed by atoms with Gasteiger partial charge in [0.25, 0.3) is 0 Å². The molecule has 0 saturated heterocycles. The van der Waals surface area contributed by atoms with Crippen LogP contribution < -0.4 is 0 Å². The highest BCUT2D eigenvalue weighted by Gasteiger charge is 2.15. The maximum absolute atomic E-state index is 10.6. The molecule has 1 nitrogen and oxygen atoms in total. The maximum Gasteiger partial charge on any atom is 0.124 e. The van der Waals surface area contributed by atoms with Gasteiger partial charge in [-0.1, -0.05) is 32.9 Å². The molecule has 0 radical (unpaired) electrons. The van der Waals surface area contributed by atoms with E-state index in [0.29, 0.717) is 6.42 Å². The third kappa shape index (κ3) is 2.68. The first kappa shape index (κ1) is 12.0. The maximum atomic E-state index is 10.6. The molecule has 0 unspecified atom stereocenters. The van der Waals surface area contributed by atoms with Crippen molar-refractivity contribution in [1.82, 2.24) is 0 Å². The number of benzene rings is 1. The van der Waals surface area contributed by atoms with Crippen molar-refractivity contribution in [3.8, 4) is 0 Å². The minimum Gasteiger partial charge on any atom is -0.303 e. The summed E-state index contributed by atoms with van der Waals surface area (Å²) >= 11 is 0. The molecule has 15 heavy (non-hydrogen) atoms. The number of rotatable bonds is 2. The van der Waals surface area contributed by atoms with Gasteiger partial charge in [0.15, 0.2) is 0 Å². The summed E-state index contributed by atoms with van der Waals surface area (Å²) in [7, 11) is 0. The molecule has 0 fully saturated rings. The van der Waals surface area contributed by atoms with Gasteiger partial charge in [-0.2, -0.15) is 0 Å². The van der Waals surface area contributed by atoms with Crippen LogP contribution in [0.4, 0.5) is 0 Å². The molecule has 1 aromatic rings. The second-order valence-electron chi connectivity index (χ2n) is 5.21. The molecular formula is C14H20O. The standard InChI is InChI=1S/C14H20O/c1-10-8-12(14(3,4)5)9-11(2)13(10)6-7-15/h7-9H,6H2,1-5H3. The Kier molecular flexibility index (Phi) is 3.33. The van der Waals surface area contributed by atoms with Crippen molar-refractivity contribution in [3.63, 3.8) is 0 Å². The number of carbonyl (C=O) groups excluding carboxylic acids is 1. The summed E-state index contributed by atoms with van der Waals surface area (Å²) < 4.78 is 0. The second kappa shape index (κ2) is 4.18. The van der Waals surface area contributed by atoms with Gasteiger partial charge in [-0.25, -0.2) is 0 Å². The third-order valence-corrected chi connectivity index (χ3v) is 2.85. The zero-order valence-electron chi connectivity index (χ0n) is 10.3. The zero-order valence-corrected chi connectivity index (χ0v) is 10.3. The summed E-state index contributed by atoms with van der Waals surface area (Å²) in [6, 6.07) is 4.40. The molecule has 0 aliphatic carbocycles. The number of hydrogen-bond acceptors (Lipinski definition) is 1. The Morgan fingerprint density at radius 1 is 1.13 bits per heavy atom. The monoisotopic (exact) mass is 204 g/mol. The van der Waals surface area contributed by atoms with Gasteiger partial charge in [0.05, 0.1) is 0 Å². The predicted molar refractivity (Wildman–Crippen MR) is 64.4 cm³/mol. The molecule has 1 rings (SSSR count). The van der Waals surface area contributed by atoms with Crippen LogP contribution in [0.2, 0.25) is 0 Å². The number of aryl methyl sites for hydroxylation is 2. The number of carbonyl (C=O) groups is 1. The molecule has 0 aliphatic heterocycles. The molecule has 82 valence electrons. The van der Waals surface area contributed by atoms with Crippen molar-refractivity contribution < 1.29 is 4.79 Å². The summed E-state index contributed by atoms with van der Waals surface area (Å²) in [6.07, 6.45) is 1.51. The first-order chi connectivity index (χ1) is 6.86. The first-order valence-corrected chi connectivity index (χ1v) is 5.40. The van der Waals surface area contributed by atoms with E-state index in [-0.39, 0.29) is 5.41 Å². The van der Waals surface area contributed by atoms with Crippen molar-refractivity contribution in [2.24, 2.45) is 0 Å². The summed E-state index contributed by atoms with van der Waals surface area (Å²) in [5.41, 5.74) is 5.15. The van der Waals surface area contributed by atoms with Crippen molar-refractivity contribution in [3.05, 3.63) is 34.4 Å². The Balaban J connectivity index is 3.25. The summed E-state index contributed by atoms with van der Waals surface area (Å²) in [5.74, 6) is 0. The van der Waals surface area contributed by atoms with Gasteiger partial charge in [-0.05, 0) is 41.5 Å². The Morgan fingerprint density at radius 3 is 1.93 bits per heavy atom. The molecule has 0 N–H and O–H groups in total. The lowest BCUT2D eigenvalue weighted by atomic mass is 9.83. The van der Waals surface area contributed by atoms with E-state index in [0.717, 1.165) is 6.29 Å². The van der Waals surface area contributed by atoms with E-state index in [1.54, 1.807) is 0 Å². The molecule has 1 aromatic carbocycles. The smallest absolute Gasteiger partial charge is 0.124 e. The normalized spacial score (nSPS) is 11.5. The van der Waals surface area contributed by atoms with E-state index in [1.165, 1.54) is 22.3 Å². The van der Waals surface area contributed by atoms with Gasteiger partial charge in [0, 0.05) is 6.42 Å². The van der Waals surface area contributed by atoms with E-state index >= 15 is 0 Å². The Hall–Kier alpha value is -1.11. The van der Waals surface area contributed by atoms with Crippen LogP contribution >= 0.6 is 0 Å². The summed E-state index contributed by atoms with van der Waals surface area (Å²) in [6.45, 7) is 10.8. The fraction of sp³-hybridized carbons (Fsp3) is 0.500. The average molecular weight is 204 g/mol. The van der Waals surface area contributed by atoms with Crippen molar-refractivity contribution >= 4 is 6.29 Å². The summed E-state index contributed by atoms with van der Waals surface area (Å²) in [5, 5.41) is 0. The van der Waals surface area contributed by atoms with Gasteiger partial charge >= 0.3 is 0 Å². The fourth-order valence-corrected chi connectivity index (χ4v) is 1.83. The van der Waals surface area contributed by atoms with E-state index in [1.807, 2.05) is 0 Å². The predicted octanol–water partition coefficient (Wildman–Crippen LogP) is 3.34.